The maximum absolute atomic E-state index is 8.89. The summed E-state index contributed by atoms with van der Waals surface area (Å²) < 4.78 is 0. The monoisotopic (exact) mass is 481 g/mol. The highest BCUT2D eigenvalue weighted by Crippen LogP contribution is 2.26. The number of halogens is 1. The Morgan fingerprint density at radius 2 is 1.96 bits per heavy atom. The van der Waals surface area contributed by atoms with Crippen LogP contribution in [0.1, 0.15) is 50.2 Å². The summed E-state index contributed by atoms with van der Waals surface area (Å²) in [6, 6.07) is 10.3. The second kappa shape index (κ2) is 11.5. The van der Waals surface area contributed by atoms with Gasteiger partial charge in [0.25, 0.3) is 0 Å². The van der Waals surface area contributed by atoms with Crippen LogP contribution in [0.5, 0.6) is 0 Å². The molecule has 5 nitrogen and oxygen atoms in total. The average Bonchev–Trinajstić information content (AvgIpc) is 3.33. The Kier molecular flexibility index (Phi) is 9.35. The maximum Gasteiger partial charge on any atom is 0.191 e. The molecular weight excluding hydrogens is 449 g/mol. The van der Waals surface area contributed by atoms with E-state index in [1.54, 1.807) is 0 Å². The molecule has 0 bridgehead atoms. The van der Waals surface area contributed by atoms with E-state index in [1.165, 1.54) is 45.2 Å². The molecule has 2 fully saturated rings. The fraction of sp³-hybridized carbons (Fsp3) is 0.619. The minimum Gasteiger partial charge on any atom is -0.357 e. The van der Waals surface area contributed by atoms with E-state index in [0.717, 1.165) is 30.5 Å². The summed E-state index contributed by atoms with van der Waals surface area (Å²) in [5, 5.41) is 15.9. The lowest BCUT2D eigenvalue weighted by Gasteiger charge is -2.21. The van der Waals surface area contributed by atoms with Gasteiger partial charge in [0.2, 0.25) is 0 Å². The summed E-state index contributed by atoms with van der Waals surface area (Å²) >= 11 is 0. The summed E-state index contributed by atoms with van der Waals surface area (Å²) in [4.78, 5) is 7.35. The molecule has 1 heterocycles. The van der Waals surface area contributed by atoms with Crippen LogP contribution in [0.2, 0.25) is 0 Å². The van der Waals surface area contributed by atoms with Crippen molar-refractivity contribution in [3.8, 4) is 6.07 Å². The summed E-state index contributed by atoms with van der Waals surface area (Å²) in [5.41, 5.74) is 1.81. The summed E-state index contributed by atoms with van der Waals surface area (Å²) in [7, 11) is 0. The van der Waals surface area contributed by atoms with Crippen molar-refractivity contribution in [3.63, 3.8) is 0 Å². The van der Waals surface area contributed by atoms with Crippen LogP contribution in [0.3, 0.4) is 0 Å². The van der Waals surface area contributed by atoms with Crippen molar-refractivity contribution >= 4 is 29.9 Å². The molecule has 27 heavy (non-hydrogen) atoms. The number of nitrogens with one attached hydrogen (secondary N) is 2. The van der Waals surface area contributed by atoms with Crippen LogP contribution in [0.4, 0.5) is 0 Å². The van der Waals surface area contributed by atoms with Gasteiger partial charge in [0.05, 0.1) is 18.2 Å². The third-order valence-corrected chi connectivity index (χ3v) is 5.45. The molecule has 0 amide bonds. The van der Waals surface area contributed by atoms with E-state index >= 15 is 0 Å². The van der Waals surface area contributed by atoms with Gasteiger partial charge in [-0.1, -0.05) is 25.0 Å². The SMILES string of the molecule is CCNC(=NCc1ccc(C#N)cc1)NC1CCN(CC2CCCC2)C1.I. The predicted molar refractivity (Wildman–Crippen MR) is 121 cm³/mol. The third-order valence-electron chi connectivity index (χ3n) is 5.45. The number of nitrogens with zero attached hydrogens (tertiary/aromatic N) is 3. The lowest BCUT2D eigenvalue weighted by atomic mass is 10.1. The van der Waals surface area contributed by atoms with Gasteiger partial charge in [0.15, 0.2) is 5.96 Å². The smallest absolute Gasteiger partial charge is 0.191 e. The Morgan fingerprint density at radius 3 is 2.63 bits per heavy atom. The van der Waals surface area contributed by atoms with Gasteiger partial charge in [0.1, 0.15) is 0 Å². The Balaban J connectivity index is 0.00000261. The van der Waals surface area contributed by atoms with Crippen LogP contribution in [0, 0.1) is 17.2 Å². The predicted octanol–water partition coefficient (Wildman–Crippen LogP) is 3.50. The molecule has 0 aromatic heterocycles. The van der Waals surface area contributed by atoms with E-state index in [4.69, 9.17) is 10.3 Å². The molecule has 2 aliphatic rings. The van der Waals surface area contributed by atoms with E-state index in [9.17, 15) is 0 Å². The van der Waals surface area contributed by atoms with E-state index in [-0.39, 0.29) is 24.0 Å². The number of aliphatic imine (C=N–C) groups is 1. The van der Waals surface area contributed by atoms with Crippen molar-refractivity contribution in [2.45, 2.75) is 51.6 Å². The molecule has 148 valence electrons. The first-order valence-electron chi connectivity index (χ1n) is 10.0. The Bertz CT molecular complexity index is 631. The number of likely N-dealkylation sites (tertiary alicyclic amines) is 1. The first-order chi connectivity index (χ1) is 12.8. The molecule has 6 heteroatoms. The van der Waals surface area contributed by atoms with Gasteiger partial charge in [-0.05, 0) is 49.8 Å². The zero-order valence-electron chi connectivity index (χ0n) is 16.3. The number of guanidine groups is 1. The molecule has 1 unspecified atom stereocenters. The van der Waals surface area contributed by atoms with Crippen molar-refractivity contribution in [1.82, 2.24) is 15.5 Å². The molecule has 1 saturated carbocycles. The molecule has 2 N–H and O–H groups in total. The lowest BCUT2D eigenvalue weighted by molar-refractivity contribution is 0.275. The van der Waals surface area contributed by atoms with Gasteiger partial charge in [-0.3, -0.25) is 0 Å². The Hall–Kier alpha value is -1.33. The number of hydrogen-bond acceptors (Lipinski definition) is 3. The zero-order valence-corrected chi connectivity index (χ0v) is 18.6. The second-order valence-corrected chi connectivity index (χ2v) is 7.54. The molecule has 3 rings (SSSR count). The Labute approximate surface area is 180 Å². The molecule has 1 aliphatic carbocycles. The maximum atomic E-state index is 8.89. The van der Waals surface area contributed by atoms with E-state index in [2.05, 4.69) is 28.5 Å². The van der Waals surface area contributed by atoms with Crippen molar-refractivity contribution < 1.29 is 0 Å². The zero-order chi connectivity index (χ0) is 18.2. The van der Waals surface area contributed by atoms with Crippen molar-refractivity contribution in [2.24, 2.45) is 10.9 Å². The van der Waals surface area contributed by atoms with E-state index < -0.39 is 0 Å². The minimum absolute atomic E-state index is 0. The molecule has 1 saturated heterocycles. The standard InChI is InChI=1S/C21H31N5.HI/c1-2-23-21(24-14-18-9-7-17(13-22)8-10-18)25-20-11-12-26(16-20)15-19-5-3-4-6-19;/h7-10,19-20H,2-6,11-12,14-16H2,1H3,(H2,23,24,25);1H. The van der Waals surface area contributed by atoms with E-state index in [0.29, 0.717) is 18.2 Å². The number of rotatable bonds is 6. The highest BCUT2D eigenvalue weighted by Gasteiger charge is 2.26. The highest BCUT2D eigenvalue weighted by atomic mass is 127. The molecule has 1 aliphatic heterocycles. The fourth-order valence-corrected chi connectivity index (χ4v) is 4.04. The highest BCUT2D eigenvalue weighted by molar-refractivity contribution is 14.0. The molecule has 1 aromatic rings. The fourth-order valence-electron chi connectivity index (χ4n) is 4.04. The van der Waals surface area contributed by atoms with Crippen molar-refractivity contribution in [1.29, 1.82) is 5.26 Å². The van der Waals surface area contributed by atoms with Gasteiger partial charge in [-0.2, -0.15) is 5.26 Å². The van der Waals surface area contributed by atoms with Gasteiger partial charge in [0, 0.05) is 32.2 Å². The molecule has 1 aromatic carbocycles. The number of hydrogen-bond donors (Lipinski definition) is 2. The quantitative estimate of drug-likeness (QED) is 0.371. The summed E-state index contributed by atoms with van der Waals surface area (Å²) in [5.74, 6) is 1.82. The van der Waals surface area contributed by atoms with Crippen LogP contribution < -0.4 is 10.6 Å². The van der Waals surface area contributed by atoms with Crippen molar-refractivity contribution in [3.05, 3.63) is 35.4 Å². The number of nitriles is 1. The Morgan fingerprint density at radius 1 is 1.22 bits per heavy atom. The molecular formula is C21H32IN5. The molecule has 0 spiro atoms. The average molecular weight is 481 g/mol. The first-order valence-corrected chi connectivity index (χ1v) is 10.0. The van der Waals surface area contributed by atoms with Crippen LogP contribution in [0.15, 0.2) is 29.3 Å². The normalized spacial score (nSPS) is 20.9. The largest absolute Gasteiger partial charge is 0.357 e. The second-order valence-electron chi connectivity index (χ2n) is 7.54. The topological polar surface area (TPSA) is 63.5 Å². The van der Waals surface area contributed by atoms with Gasteiger partial charge < -0.3 is 15.5 Å². The van der Waals surface area contributed by atoms with Gasteiger partial charge >= 0.3 is 0 Å². The lowest BCUT2D eigenvalue weighted by Crippen LogP contribution is -2.44. The molecule has 1 atom stereocenters. The van der Waals surface area contributed by atoms with Crippen LogP contribution in [-0.4, -0.2) is 43.1 Å². The first kappa shape index (κ1) is 22.0. The van der Waals surface area contributed by atoms with Crippen LogP contribution >= 0.6 is 24.0 Å². The third kappa shape index (κ3) is 6.96. The van der Waals surface area contributed by atoms with Gasteiger partial charge in [-0.25, -0.2) is 4.99 Å². The van der Waals surface area contributed by atoms with Gasteiger partial charge in [-0.15, -0.1) is 24.0 Å². The summed E-state index contributed by atoms with van der Waals surface area (Å²) in [6.07, 6.45) is 6.88. The van der Waals surface area contributed by atoms with Crippen molar-refractivity contribution in [2.75, 3.05) is 26.2 Å². The van der Waals surface area contributed by atoms with E-state index in [1.807, 2.05) is 24.3 Å². The van der Waals surface area contributed by atoms with Crippen LogP contribution in [-0.2, 0) is 6.54 Å². The van der Waals surface area contributed by atoms with Crippen LogP contribution in [0.25, 0.3) is 0 Å². The number of benzene rings is 1. The molecule has 0 radical (unpaired) electrons. The summed E-state index contributed by atoms with van der Waals surface area (Å²) in [6.45, 7) is 7.18. The minimum atomic E-state index is 0.